The first-order chi connectivity index (χ1) is 10.3. The molecule has 0 atom stereocenters. The van der Waals surface area contributed by atoms with Gasteiger partial charge in [0.2, 0.25) is 0 Å². The summed E-state index contributed by atoms with van der Waals surface area (Å²) in [4.78, 5) is 22.8. The highest BCUT2D eigenvalue weighted by molar-refractivity contribution is 9.10. The first kappa shape index (κ1) is 16.0. The quantitative estimate of drug-likeness (QED) is 0.846. The second-order valence-electron chi connectivity index (χ2n) is 4.71. The normalized spacial score (nSPS) is 10.3. The van der Waals surface area contributed by atoms with Gasteiger partial charge in [0.25, 0.3) is 0 Å². The van der Waals surface area contributed by atoms with Crippen molar-refractivity contribution in [2.45, 2.75) is 13.8 Å². The minimum Gasteiger partial charge on any atom is -0.478 e. The van der Waals surface area contributed by atoms with E-state index in [1.165, 1.54) is 13.0 Å². The number of rotatable bonds is 4. The van der Waals surface area contributed by atoms with Gasteiger partial charge in [0.15, 0.2) is 0 Å². The molecule has 114 valence electrons. The van der Waals surface area contributed by atoms with Crippen molar-refractivity contribution in [3.63, 3.8) is 0 Å². The van der Waals surface area contributed by atoms with Crippen molar-refractivity contribution in [2.24, 2.45) is 0 Å². The molecule has 6 heteroatoms. The van der Waals surface area contributed by atoms with Gasteiger partial charge in [-0.2, -0.15) is 0 Å². The van der Waals surface area contributed by atoms with E-state index < -0.39 is 11.9 Å². The minimum absolute atomic E-state index is 0.0469. The van der Waals surface area contributed by atoms with Crippen molar-refractivity contribution in [3.8, 4) is 11.5 Å². The minimum atomic E-state index is -1.23. The molecular formula is C16H13BrO5. The van der Waals surface area contributed by atoms with Crippen LogP contribution in [0, 0.1) is 13.8 Å². The van der Waals surface area contributed by atoms with Crippen molar-refractivity contribution in [3.05, 3.63) is 57.1 Å². The molecule has 0 unspecified atom stereocenters. The number of carbonyl (C=O) groups is 2. The van der Waals surface area contributed by atoms with Crippen LogP contribution in [0.3, 0.4) is 0 Å². The average Bonchev–Trinajstić information content (AvgIpc) is 2.44. The number of hydrogen-bond acceptors (Lipinski definition) is 3. The monoisotopic (exact) mass is 364 g/mol. The zero-order valence-electron chi connectivity index (χ0n) is 11.9. The molecule has 0 heterocycles. The first-order valence-electron chi connectivity index (χ1n) is 6.36. The van der Waals surface area contributed by atoms with Crippen LogP contribution >= 0.6 is 15.9 Å². The number of ether oxygens (including phenoxy) is 1. The van der Waals surface area contributed by atoms with Crippen LogP contribution in [-0.2, 0) is 0 Å². The maximum atomic E-state index is 11.6. The standard InChI is InChI=1S/C16H13BrO5/c1-8-7-10(15(18)19)9(2)13(16(20)21)14(8)22-12-6-4-3-5-11(12)17/h3-7H,1-2H3,(H,18,19)(H,20,21). The predicted molar refractivity (Wildman–Crippen MR) is 84.1 cm³/mol. The summed E-state index contributed by atoms with van der Waals surface area (Å²) in [6.07, 6.45) is 0. The Morgan fingerprint density at radius 3 is 2.27 bits per heavy atom. The molecule has 0 radical (unpaired) electrons. The van der Waals surface area contributed by atoms with Crippen LogP contribution < -0.4 is 4.74 Å². The van der Waals surface area contributed by atoms with Crippen molar-refractivity contribution < 1.29 is 24.5 Å². The molecule has 0 aliphatic carbocycles. The maximum absolute atomic E-state index is 11.6. The van der Waals surface area contributed by atoms with E-state index in [1.54, 1.807) is 31.2 Å². The van der Waals surface area contributed by atoms with E-state index in [4.69, 9.17) is 4.74 Å². The Labute approximate surface area is 135 Å². The number of hydrogen-bond donors (Lipinski definition) is 2. The fourth-order valence-electron chi connectivity index (χ4n) is 2.14. The third-order valence-electron chi connectivity index (χ3n) is 3.22. The largest absolute Gasteiger partial charge is 0.478 e. The topological polar surface area (TPSA) is 83.8 Å². The molecule has 0 aliphatic heterocycles. The number of carboxylic acid groups (broad SMARTS) is 2. The Balaban J connectivity index is 2.66. The molecule has 0 fully saturated rings. The van der Waals surface area contributed by atoms with Gasteiger partial charge >= 0.3 is 11.9 Å². The Hall–Kier alpha value is -2.34. The molecule has 2 aromatic rings. The third kappa shape index (κ3) is 2.96. The number of carboxylic acids is 2. The third-order valence-corrected chi connectivity index (χ3v) is 3.87. The highest BCUT2D eigenvalue weighted by atomic mass is 79.9. The zero-order valence-corrected chi connectivity index (χ0v) is 13.5. The summed E-state index contributed by atoms with van der Waals surface area (Å²) in [5.41, 5.74) is 0.409. The van der Waals surface area contributed by atoms with Gasteiger partial charge in [0, 0.05) is 0 Å². The molecule has 0 aliphatic rings. The fraction of sp³-hybridized carbons (Fsp3) is 0.125. The van der Waals surface area contributed by atoms with Crippen LogP contribution in [0.4, 0.5) is 0 Å². The molecule has 22 heavy (non-hydrogen) atoms. The lowest BCUT2D eigenvalue weighted by Gasteiger charge is -2.16. The van der Waals surface area contributed by atoms with Crippen molar-refractivity contribution >= 4 is 27.9 Å². The molecule has 0 saturated carbocycles. The summed E-state index contributed by atoms with van der Waals surface area (Å²) in [5.74, 6) is -1.81. The summed E-state index contributed by atoms with van der Waals surface area (Å²) in [7, 11) is 0. The second kappa shape index (κ2) is 6.19. The Morgan fingerprint density at radius 2 is 1.73 bits per heavy atom. The van der Waals surface area contributed by atoms with Crippen molar-refractivity contribution in [2.75, 3.05) is 0 Å². The molecule has 0 bridgehead atoms. The Morgan fingerprint density at radius 1 is 1.09 bits per heavy atom. The maximum Gasteiger partial charge on any atom is 0.339 e. The molecule has 2 aromatic carbocycles. The smallest absolute Gasteiger partial charge is 0.339 e. The number of aryl methyl sites for hydroxylation is 1. The summed E-state index contributed by atoms with van der Waals surface area (Å²) in [5, 5.41) is 18.6. The highest BCUT2D eigenvalue weighted by Crippen LogP contribution is 2.36. The molecule has 0 saturated heterocycles. The van der Waals surface area contributed by atoms with E-state index >= 15 is 0 Å². The first-order valence-corrected chi connectivity index (χ1v) is 7.15. The van der Waals surface area contributed by atoms with Gasteiger partial charge in [-0.05, 0) is 59.1 Å². The zero-order chi connectivity index (χ0) is 16.4. The van der Waals surface area contributed by atoms with E-state index in [0.717, 1.165) is 0 Å². The van der Waals surface area contributed by atoms with Crippen LogP contribution in [0.2, 0.25) is 0 Å². The van der Waals surface area contributed by atoms with Crippen LogP contribution in [0.5, 0.6) is 11.5 Å². The lowest BCUT2D eigenvalue weighted by molar-refractivity contribution is 0.0693. The summed E-state index contributed by atoms with van der Waals surface area (Å²) >= 11 is 3.33. The van der Waals surface area contributed by atoms with E-state index in [2.05, 4.69) is 15.9 Å². The summed E-state index contributed by atoms with van der Waals surface area (Å²) in [6.45, 7) is 3.07. The molecule has 0 spiro atoms. The van der Waals surface area contributed by atoms with E-state index in [1.807, 2.05) is 0 Å². The van der Waals surface area contributed by atoms with Crippen LogP contribution in [0.25, 0.3) is 0 Å². The molecule has 2 N–H and O–H groups in total. The predicted octanol–water partition coefficient (Wildman–Crippen LogP) is 4.25. The van der Waals surface area contributed by atoms with Gasteiger partial charge in [-0.3, -0.25) is 0 Å². The number of benzene rings is 2. The Kier molecular flexibility index (Phi) is 4.51. The molecular weight excluding hydrogens is 352 g/mol. The number of aromatic carboxylic acids is 2. The lowest BCUT2D eigenvalue weighted by Crippen LogP contribution is -2.10. The summed E-state index contributed by atoms with van der Waals surface area (Å²) < 4.78 is 6.40. The summed E-state index contributed by atoms with van der Waals surface area (Å²) in [6, 6.07) is 8.44. The van der Waals surface area contributed by atoms with Gasteiger partial charge in [-0.15, -0.1) is 0 Å². The van der Waals surface area contributed by atoms with Crippen LogP contribution in [-0.4, -0.2) is 22.2 Å². The molecule has 5 nitrogen and oxygen atoms in total. The molecule has 0 aromatic heterocycles. The van der Waals surface area contributed by atoms with Gasteiger partial charge in [-0.1, -0.05) is 12.1 Å². The fourth-order valence-corrected chi connectivity index (χ4v) is 2.51. The van der Waals surface area contributed by atoms with Crippen LogP contribution in [0.15, 0.2) is 34.8 Å². The number of halogens is 1. The van der Waals surface area contributed by atoms with Crippen molar-refractivity contribution in [1.29, 1.82) is 0 Å². The van der Waals surface area contributed by atoms with E-state index in [9.17, 15) is 19.8 Å². The highest BCUT2D eigenvalue weighted by Gasteiger charge is 2.23. The SMILES string of the molecule is Cc1cc(C(=O)O)c(C)c(C(=O)O)c1Oc1ccccc1Br. The molecule has 2 rings (SSSR count). The second-order valence-corrected chi connectivity index (χ2v) is 5.57. The van der Waals surface area contributed by atoms with Gasteiger partial charge in [-0.25, -0.2) is 9.59 Å². The van der Waals surface area contributed by atoms with E-state index in [0.29, 0.717) is 15.8 Å². The number of para-hydroxylation sites is 1. The van der Waals surface area contributed by atoms with Gasteiger partial charge in [0.1, 0.15) is 17.1 Å². The van der Waals surface area contributed by atoms with Gasteiger partial charge < -0.3 is 14.9 Å². The van der Waals surface area contributed by atoms with E-state index in [-0.39, 0.29) is 22.4 Å². The Bertz CT molecular complexity index is 767. The molecule has 0 amide bonds. The average molecular weight is 365 g/mol. The van der Waals surface area contributed by atoms with Crippen LogP contribution in [0.1, 0.15) is 31.8 Å². The van der Waals surface area contributed by atoms with Crippen molar-refractivity contribution in [1.82, 2.24) is 0 Å². The van der Waals surface area contributed by atoms with Gasteiger partial charge in [0.05, 0.1) is 10.0 Å². The lowest BCUT2D eigenvalue weighted by atomic mass is 9.97.